The van der Waals surface area contributed by atoms with Crippen molar-refractivity contribution in [2.24, 2.45) is 5.92 Å². The highest BCUT2D eigenvalue weighted by atomic mass is 15.3. The molecule has 2 aromatic heterocycles. The van der Waals surface area contributed by atoms with Crippen LogP contribution in [0.4, 0.5) is 11.8 Å². The minimum absolute atomic E-state index is 0.507. The van der Waals surface area contributed by atoms with Gasteiger partial charge in [0.1, 0.15) is 5.52 Å². The summed E-state index contributed by atoms with van der Waals surface area (Å²) in [4.78, 5) is 11.6. The third kappa shape index (κ3) is 2.71. The van der Waals surface area contributed by atoms with Gasteiger partial charge in [0.2, 0.25) is 5.95 Å². The van der Waals surface area contributed by atoms with Gasteiger partial charge in [-0.3, -0.25) is 0 Å². The number of imidazole rings is 1. The van der Waals surface area contributed by atoms with Gasteiger partial charge in [-0.25, -0.2) is 9.97 Å². The molecule has 0 aliphatic heterocycles. The van der Waals surface area contributed by atoms with Crippen molar-refractivity contribution in [2.75, 3.05) is 24.2 Å². The Morgan fingerprint density at radius 1 is 1.22 bits per heavy atom. The Morgan fingerprint density at radius 2 is 1.96 bits per heavy atom. The number of aromatic nitrogens is 3. The van der Waals surface area contributed by atoms with Crippen molar-refractivity contribution in [3.63, 3.8) is 0 Å². The molecule has 122 valence electrons. The third-order valence-corrected chi connectivity index (χ3v) is 4.04. The van der Waals surface area contributed by atoms with E-state index in [9.17, 15) is 0 Å². The molecule has 0 aliphatic rings. The normalized spacial score (nSPS) is 11.7. The lowest BCUT2D eigenvalue weighted by atomic mass is 10.1. The van der Waals surface area contributed by atoms with E-state index in [4.69, 9.17) is 10.7 Å². The molecule has 3 rings (SSSR count). The van der Waals surface area contributed by atoms with Gasteiger partial charge in [-0.05, 0) is 18.4 Å². The standard InChI is InChI=1S/C18H25N5/c1-5-10-22(4)18-21-15-16(23(18)11-12(2)3)13-8-6-7-9-14(13)20-17(15)19/h6-9,12H,5,10-11H2,1-4H3,(H2,19,20). The van der Waals surface area contributed by atoms with Crippen molar-refractivity contribution < 1.29 is 0 Å². The van der Waals surface area contributed by atoms with Crippen LogP contribution in [-0.2, 0) is 6.54 Å². The summed E-state index contributed by atoms with van der Waals surface area (Å²) in [6.07, 6.45) is 1.08. The fraction of sp³-hybridized carbons (Fsp3) is 0.444. The molecule has 0 amide bonds. The van der Waals surface area contributed by atoms with Crippen LogP contribution in [-0.4, -0.2) is 28.1 Å². The largest absolute Gasteiger partial charge is 0.382 e. The number of para-hydroxylation sites is 1. The fourth-order valence-corrected chi connectivity index (χ4v) is 3.11. The lowest BCUT2D eigenvalue weighted by molar-refractivity contribution is 0.531. The average molecular weight is 311 g/mol. The zero-order chi connectivity index (χ0) is 16.6. The highest BCUT2D eigenvalue weighted by Gasteiger charge is 2.19. The van der Waals surface area contributed by atoms with Crippen molar-refractivity contribution in [3.8, 4) is 0 Å². The number of pyridine rings is 1. The molecule has 5 nitrogen and oxygen atoms in total. The van der Waals surface area contributed by atoms with Gasteiger partial charge in [0.15, 0.2) is 5.82 Å². The third-order valence-electron chi connectivity index (χ3n) is 4.04. The number of nitrogens with zero attached hydrogens (tertiary/aromatic N) is 4. The first-order chi connectivity index (χ1) is 11.0. The number of anilines is 2. The molecule has 23 heavy (non-hydrogen) atoms. The summed E-state index contributed by atoms with van der Waals surface area (Å²) in [6.45, 7) is 8.50. The molecule has 2 heterocycles. The summed E-state index contributed by atoms with van der Waals surface area (Å²) in [7, 11) is 2.09. The van der Waals surface area contributed by atoms with Crippen LogP contribution in [0.15, 0.2) is 24.3 Å². The minimum Gasteiger partial charge on any atom is -0.382 e. The summed E-state index contributed by atoms with van der Waals surface area (Å²) in [5, 5.41) is 1.11. The summed E-state index contributed by atoms with van der Waals surface area (Å²) >= 11 is 0. The van der Waals surface area contributed by atoms with Gasteiger partial charge >= 0.3 is 0 Å². The van der Waals surface area contributed by atoms with Gasteiger partial charge < -0.3 is 15.2 Å². The maximum atomic E-state index is 6.20. The van der Waals surface area contributed by atoms with Crippen LogP contribution in [0.2, 0.25) is 0 Å². The Balaban J connectivity index is 2.36. The first-order valence-electron chi connectivity index (χ1n) is 8.28. The van der Waals surface area contributed by atoms with Crippen LogP contribution in [0.3, 0.4) is 0 Å². The van der Waals surface area contributed by atoms with E-state index in [1.807, 2.05) is 18.2 Å². The Bertz CT molecular complexity index is 834. The number of rotatable bonds is 5. The van der Waals surface area contributed by atoms with Gasteiger partial charge in [0.05, 0.1) is 11.0 Å². The lowest BCUT2D eigenvalue weighted by Gasteiger charge is -2.20. The Morgan fingerprint density at radius 3 is 2.65 bits per heavy atom. The van der Waals surface area contributed by atoms with Crippen molar-refractivity contribution in [2.45, 2.75) is 33.7 Å². The number of nitrogen functional groups attached to an aromatic ring is 1. The molecule has 0 bridgehead atoms. The molecule has 2 N–H and O–H groups in total. The lowest BCUT2D eigenvalue weighted by Crippen LogP contribution is -2.23. The quantitative estimate of drug-likeness (QED) is 0.781. The van der Waals surface area contributed by atoms with Gasteiger partial charge in [-0.15, -0.1) is 0 Å². The van der Waals surface area contributed by atoms with Gasteiger partial charge in [0, 0.05) is 25.5 Å². The molecular weight excluding hydrogens is 286 g/mol. The number of nitrogens with two attached hydrogens (primary N) is 1. The molecule has 0 saturated heterocycles. The molecule has 3 aromatic rings. The van der Waals surface area contributed by atoms with E-state index in [0.717, 1.165) is 47.4 Å². The van der Waals surface area contributed by atoms with Crippen LogP contribution in [0.25, 0.3) is 21.9 Å². The van der Waals surface area contributed by atoms with E-state index >= 15 is 0 Å². The zero-order valence-corrected chi connectivity index (χ0v) is 14.4. The molecule has 0 fully saturated rings. The molecule has 1 aromatic carbocycles. The topological polar surface area (TPSA) is 60.0 Å². The minimum atomic E-state index is 0.507. The first kappa shape index (κ1) is 15.6. The molecular formula is C18H25N5. The Labute approximate surface area is 137 Å². The molecule has 0 radical (unpaired) electrons. The van der Waals surface area contributed by atoms with Crippen LogP contribution < -0.4 is 10.6 Å². The highest BCUT2D eigenvalue weighted by molar-refractivity contribution is 6.07. The molecule has 0 aliphatic carbocycles. The van der Waals surface area contributed by atoms with Gasteiger partial charge in [-0.1, -0.05) is 39.0 Å². The first-order valence-corrected chi connectivity index (χ1v) is 8.28. The molecule has 0 spiro atoms. The second-order valence-corrected chi connectivity index (χ2v) is 6.55. The van der Waals surface area contributed by atoms with Gasteiger partial charge in [-0.2, -0.15) is 0 Å². The second-order valence-electron chi connectivity index (χ2n) is 6.55. The fourth-order valence-electron chi connectivity index (χ4n) is 3.11. The monoisotopic (exact) mass is 311 g/mol. The van der Waals surface area contributed by atoms with E-state index in [2.05, 4.69) is 48.3 Å². The number of hydrogen-bond donors (Lipinski definition) is 1. The molecule has 0 atom stereocenters. The smallest absolute Gasteiger partial charge is 0.206 e. The van der Waals surface area contributed by atoms with E-state index in [1.165, 1.54) is 0 Å². The molecule has 0 saturated carbocycles. The Kier molecular flexibility index (Phi) is 4.11. The van der Waals surface area contributed by atoms with Crippen LogP contribution in [0.5, 0.6) is 0 Å². The van der Waals surface area contributed by atoms with E-state index in [1.54, 1.807) is 0 Å². The van der Waals surface area contributed by atoms with E-state index in [0.29, 0.717) is 11.7 Å². The maximum absolute atomic E-state index is 6.20. The van der Waals surface area contributed by atoms with Crippen molar-refractivity contribution in [1.82, 2.24) is 14.5 Å². The van der Waals surface area contributed by atoms with E-state index in [-0.39, 0.29) is 0 Å². The number of hydrogen-bond acceptors (Lipinski definition) is 4. The van der Waals surface area contributed by atoms with E-state index < -0.39 is 0 Å². The Hall–Kier alpha value is -2.30. The van der Waals surface area contributed by atoms with Crippen LogP contribution in [0, 0.1) is 5.92 Å². The maximum Gasteiger partial charge on any atom is 0.206 e. The second kappa shape index (κ2) is 6.07. The number of benzene rings is 1. The van der Waals surface area contributed by atoms with Crippen molar-refractivity contribution in [1.29, 1.82) is 0 Å². The van der Waals surface area contributed by atoms with Crippen LogP contribution >= 0.6 is 0 Å². The number of fused-ring (bicyclic) bond motifs is 3. The van der Waals surface area contributed by atoms with Crippen molar-refractivity contribution >= 4 is 33.7 Å². The summed E-state index contributed by atoms with van der Waals surface area (Å²) in [6, 6.07) is 8.15. The zero-order valence-electron chi connectivity index (χ0n) is 14.4. The predicted octanol–water partition coefficient (Wildman–Crippen LogP) is 3.67. The summed E-state index contributed by atoms with van der Waals surface area (Å²) < 4.78 is 2.30. The summed E-state index contributed by atoms with van der Waals surface area (Å²) in [5.74, 6) is 2.00. The SMILES string of the molecule is CCCN(C)c1nc2c(N)nc3ccccc3c2n1CC(C)C. The highest BCUT2D eigenvalue weighted by Crippen LogP contribution is 2.32. The van der Waals surface area contributed by atoms with Crippen LogP contribution in [0.1, 0.15) is 27.2 Å². The van der Waals surface area contributed by atoms with Crippen molar-refractivity contribution in [3.05, 3.63) is 24.3 Å². The predicted molar refractivity (Wildman–Crippen MR) is 97.8 cm³/mol. The summed E-state index contributed by atoms with van der Waals surface area (Å²) in [5.41, 5.74) is 9.03. The molecule has 5 heteroatoms. The average Bonchev–Trinajstić information content (AvgIpc) is 2.87. The van der Waals surface area contributed by atoms with Gasteiger partial charge in [0.25, 0.3) is 0 Å². The molecule has 0 unspecified atom stereocenters.